The zero-order chi connectivity index (χ0) is 13.8. The summed E-state index contributed by atoms with van der Waals surface area (Å²) in [5, 5.41) is 0. The highest BCUT2D eigenvalue weighted by Gasteiger charge is 2.11. The number of nitrogens with zero attached hydrogens (tertiary/aromatic N) is 1. The molecule has 0 fully saturated rings. The number of rotatable bonds is 4. The average molecular weight is 259 g/mol. The molecular formula is C13H13N3O3. The van der Waals surface area contributed by atoms with Crippen LogP contribution in [0.5, 0.6) is 17.4 Å². The fourth-order valence-electron chi connectivity index (χ4n) is 1.50. The molecule has 4 N–H and O–H groups in total. The lowest BCUT2D eigenvalue weighted by molar-refractivity contribution is 0.1000. The molecule has 6 heteroatoms. The highest BCUT2D eigenvalue weighted by atomic mass is 16.5. The van der Waals surface area contributed by atoms with Gasteiger partial charge in [-0.3, -0.25) is 4.79 Å². The molecule has 0 radical (unpaired) electrons. The number of methoxy groups -OCH3 is 1. The van der Waals surface area contributed by atoms with Crippen molar-refractivity contribution < 1.29 is 14.3 Å². The average Bonchev–Trinajstić information content (AvgIpc) is 2.41. The second-order valence-corrected chi connectivity index (χ2v) is 3.73. The molecule has 19 heavy (non-hydrogen) atoms. The van der Waals surface area contributed by atoms with Crippen LogP contribution in [0.4, 0.5) is 5.69 Å². The van der Waals surface area contributed by atoms with Gasteiger partial charge in [-0.15, -0.1) is 0 Å². The van der Waals surface area contributed by atoms with Crippen LogP contribution in [-0.2, 0) is 0 Å². The summed E-state index contributed by atoms with van der Waals surface area (Å²) in [5.41, 5.74) is 11.7. The first-order valence-electron chi connectivity index (χ1n) is 5.48. The standard InChI is InChI=1S/C13H13N3O3/c1-18-11-7-8(12(15)17)4-5-10(11)19-13-9(14)3-2-6-16-13/h2-7H,14H2,1H3,(H2,15,17). The molecule has 0 unspecified atom stereocenters. The van der Waals surface area contributed by atoms with Gasteiger partial charge in [0.2, 0.25) is 11.8 Å². The molecule has 98 valence electrons. The van der Waals surface area contributed by atoms with E-state index >= 15 is 0 Å². The minimum Gasteiger partial charge on any atom is -0.493 e. The second-order valence-electron chi connectivity index (χ2n) is 3.73. The van der Waals surface area contributed by atoms with Gasteiger partial charge in [0, 0.05) is 11.8 Å². The third kappa shape index (κ3) is 2.74. The first-order valence-corrected chi connectivity index (χ1v) is 5.48. The van der Waals surface area contributed by atoms with E-state index in [9.17, 15) is 4.79 Å². The Bertz CT molecular complexity index is 614. The zero-order valence-corrected chi connectivity index (χ0v) is 10.3. The lowest BCUT2D eigenvalue weighted by atomic mass is 10.2. The number of carbonyl (C=O) groups is 1. The van der Waals surface area contributed by atoms with Crippen LogP contribution in [0.15, 0.2) is 36.5 Å². The monoisotopic (exact) mass is 259 g/mol. The predicted molar refractivity (Wildman–Crippen MR) is 70.2 cm³/mol. The van der Waals surface area contributed by atoms with Gasteiger partial charge < -0.3 is 20.9 Å². The SMILES string of the molecule is COc1cc(C(N)=O)ccc1Oc1ncccc1N. The molecule has 0 aliphatic carbocycles. The molecule has 1 amide bonds. The van der Waals surface area contributed by atoms with Gasteiger partial charge in [-0.25, -0.2) is 4.98 Å². The zero-order valence-electron chi connectivity index (χ0n) is 10.3. The Morgan fingerprint density at radius 1 is 1.26 bits per heavy atom. The van der Waals surface area contributed by atoms with E-state index in [0.29, 0.717) is 22.7 Å². The summed E-state index contributed by atoms with van der Waals surface area (Å²) < 4.78 is 10.7. The van der Waals surface area contributed by atoms with Crippen molar-refractivity contribution in [2.45, 2.75) is 0 Å². The van der Waals surface area contributed by atoms with E-state index in [0.717, 1.165) is 0 Å². The molecule has 1 aromatic heterocycles. The van der Waals surface area contributed by atoms with Crippen molar-refractivity contribution in [3.05, 3.63) is 42.1 Å². The molecule has 0 atom stereocenters. The molecule has 1 aromatic carbocycles. The topological polar surface area (TPSA) is 100 Å². The van der Waals surface area contributed by atoms with E-state index in [2.05, 4.69) is 4.98 Å². The molecule has 0 spiro atoms. The fourth-order valence-corrected chi connectivity index (χ4v) is 1.50. The van der Waals surface area contributed by atoms with Gasteiger partial charge in [-0.1, -0.05) is 0 Å². The Kier molecular flexibility index (Phi) is 3.51. The van der Waals surface area contributed by atoms with Gasteiger partial charge in [0.1, 0.15) is 0 Å². The number of aromatic nitrogens is 1. The lowest BCUT2D eigenvalue weighted by Gasteiger charge is -2.11. The van der Waals surface area contributed by atoms with Gasteiger partial charge in [-0.05, 0) is 30.3 Å². The second kappa shape index (κ2) is 5.26. The maximum absolute atomic E-state index is 11.1. The highest BCUT2D eigenvalue weighted by Crippen LogP contribution is 2.33. The summed E-state index contributed by atoms with van der Waals surface area (Å²) in [6.45, 7) is 0. The number of carbonyl (C=O) groups excluding carboxylic acids is 1. The van der Waals surface area contributed by atoms with Crippen LogP contribution < -0.4 is 20.9 Å². The Hall–Kier alpha value is -2.76. The van der Waals surface area contributed by atoms with Crippen molar-refractivity contribution in [1.82, 2.24) is 4.98 Å². The van der Waals surface area contributed by atoms with E-state index in [1.807, 2.05) is 0 Å². The number of hydrogen-bond donors (Lipinski definition) is 2. The molecular weight excluding hydrogens is 246 g/mol. The Morgan fingerprint density at radius 3 is 2.68 bits per heavy atom. The van der Waals surface area contributed by atoms with Crippen molar-refractivity contribution in [1.29, 1.82) is 0 Å². The van der Waals surface area contributed by atoms with Crippen molar-refractivity contribution in [3.8, 4) is 17.4 Å². The lowest BCUT2D eigenvalue weighted by Crippen LogP contribution is -2.11. The summed E-state index contributed by atoms with van der Waals surface area (Å²) in [7, 11) is 1.47. The van der Waals surface area contributed by atoms with E-state index < -0.39 is 5.91 Å². The molecule has 0 aliphatic rings. The number of benzene rings is 1. The van der Waals surface area contributed by atoms with Crippen LogP contribution in [0.1, 0.15) is 10.4 Å². The Morgan fingerprint density at radius 2 is 2.05 bits per heavy atom. The van der Waals surface area contributed by atoms with Gasteiger partial charge in [0.05, 0.1) is 12.8 Å². The number of amides is 1. The molecule has 0 saturated heterocycles. The molecule has 2 aromatic rings. The molecule has 6 nitrogen and oxygen atoms in total. The van der Waals surface area contributed by atoms with E-state index in [1.165, 1.54) is 13.2 Å². The summed E-state index contributed by atoms with van der Waals surface area (Å²) in [5.74, 6) is 0.508. The summed E-state index contributed by atoms with van der Waals surface area (Å²) in [4.78, 5) is 15.1. The Balaban J connectivity index is 2.35. The van der Waals surface area contributed by atoms with Crippen LogP contribution in [0, 0.1) is 0 Å². The fraction of sp³-hybridized carbons (Fsp3) is 0.0769. The van der Waals surface area contributed by atoms with Gasteiger partial charge in [-0.2, -0.15) is 0 Å². The van der Waals surface area contributed by atoms with Crippen LogP contribution in [0.3, 0.4) is 0 Å². The molecule has 0 saturated carbocycles. The molecule has 0 aliphatic heterocycles. The maximum Gasteiger partial charge on any atom is 0.248 e. The molecule has 2 rings (SSSR count). The van der Waals surface area contributed by atoms with Gasteiger partial charge >= 0.3 is 0 Å². The number of ether oxygens (including phenoxy) is 2. The highest BCUT2D eigenvalue weighted by molar-refractivity contribution is 5.93. The van der Waals surface area contributed by atoms with Gasteiger partial charge in [0.15, 0.2) is 11.5 Å². The number of pyridine rings is 1. The predicted octanol–water partition coefficient (Wildman–Crippen LogP) is 1.56. The minimum absolute atomic E-state index is 0.271. The quantitative estimate of drug-likeness (QED) is 0.867. The van der Waals surface area contributed by atoms with Crippen molar-refractivity contribution in [2.24, 2.45) is 5.73 Å². The van der Waals surface area contributed by atoms with Crippen molar-refractivity contribution >= 4 is 11.6 Å². The van der Waals surface area contributed by atoms with Gasteiger partial charge in [0.25, 0.3) is 0 Å². The number of primary amides is 1. The van der Waals surface area contributed by atoms with Crippen LogP contribution in [0.25, 0.3) is 0 Å². The first kappa shape index (κ1) is 12.7. The summed E-state index contributed by atoms with van der Waals surface area (Å²) in [6, 6.07) is 7.99. The number of anilines is 1. The summed E-state index contributed by atoms with van der Waals surface area (Å²) >= 11 is 0. The minimum atomic E-state index is -0.540. The largest absolute Gasteiger partial charge is 0.493 e. The first-order chi connectivity index (χ1) is 9.11. The number of hydrogen-bond acceptors (Lipinski definition) is 5. The maximum atomic E-state index is 11.1. The van der Waals surface area contributed by atoms with Crippen LogP contribution in [-0.4, -0.2) is 18.0 Å². The number of nitrogen functional groups attached to an aromatic ring is 1. The van der Waals surface area contributed by atoms with Crippen LogP contribution in [0.2, 0.25) is 0 Å². The Labute approximate surface area is 110 Å². The third-order valence-corrected chi connectivity index (χ3v) is 2.46. The van der Waals surface area contributed by atoms with Crippen molar-refractivity contribution in [2.75, 3.05) is 12.8 Å². The molecule has 1 heterocycles. The van der Waals surface area contributed by atoms with Crippen LogP contribution >= 0.6 is 0 Å². The smallest absolute Gasteiger partial charge is 0.248 e. The number of nitrogens with two attached hydrogens (primary N) is 2. The molecule has 0 bridgehead atoms. The van der Waals surface area contributed by atoms with E-state index in [1.54, 1.807) is 30.5 Å². The van der Waals surface area contributed by atoms with E-state index in [-0.39, 0.29) is 5.88 Å². The van der Waals surface area contributed by atoms with E-state index in [4.69, 9.17) is 20.9 Å². The summed E-state index contributed by atoms with van der Waals surface area (Å²) in [6.07, 6.45) is 1.57. The van der Waals surface area contributed by atoms with Crippen molar-refractivity contribution in [3.63, 3.8) is 0 Å². The third-order valence-electron chi connectivity index (χ3n) is 2.46. The normalized spacial score (nSPS) is 9.95.